The number of hydrogen-bond acceptors (Lipinski definition) is 3. The van der Waals surface area contributed by atoms with E-state index in [1.807, 2.05) is 40.8 Å². The van der Waals surface area contributed by atoms with Crippen molar-refractivity contribution in [2.45, 2.75) is 0 Å². The van der Waals surface area contributed by atoms with Crippen LogP contribution in [0.25, 0.3) is 120 Å². The van der Waals surface area contributed by atoms with Crippen LogP contribution in [0.4, 0.5) is 0 Å². The van der Waals surface area contributed by atoms with E-state index >= 15 is 0 Å². The van der Waals surface area contributed by atoms with E-state index in [-0.39, 0.29) is 5.56 Å². The van der Waals surface area contributed by atoms with Crippen LogP contribution in [0.1, 0.15) is 0 Å². The third-order valence-corrected chi connectivity index (χ3v) is 11.7. The van der Waals surface area contributed by atoms with Crippen molar-refractivity contribution < 1.29 is 8.83 Å². The third kappa shape index (κ3) is 3.51. The SMILES string of the molecule is O=c1c2ccccc2c2cccc3c4cc(-c5ccc6c(c5)oc5cc(-n7c8ccccc8c8c9oc%10ccccc%10c9ccc87)ccc56)ccc4n1c23. The van der Waals surface area contributed by atoms with Crippen molar-refractivity contribution in [1.82, 2.24) is 8.97 Å². The first kappa shape index (κ1) is 28.2. The first-order chi connectivity index (χ1) is 26.7. The quantitative estimate of drug-likeness (QED) is 0.170. The molecule has 8 aromatic carbocycles. The summed E-state index contributed by atoms with van der Waals surface area (Å²) >= 11 is 0. The fourth-order valence-electron chi connectivity index (χ4n) is 9.30. The Hall–Kier alpha value is -7.37. The van der Waals surface area contributed by atoms with E-state index in [1.165, 1.54) is 0 Å². The minimum atomic E-state index is 0.0174. The van der Waals surface area contributed by atoms with Crippen LogP contribution in [0.15, 0.2) is 171 Å². The Morgan fingerprint density at radius 1 is 0.389 bits per heavy atom. The molecular weight excluding hydrogens is 665 g/mol. The molecule has 5 nitrogen and oxygen atoms in total. The van der Waals surface area contributed by atoms with E-state index < -0.39 is 0 Å². The predicted octanol–water partition coefficient (Wildman–Crippen LogP) is 12.8. The zero-order chi connectivity index (χ0) is 35.2. The topological polar surface area (TPSA) is 52.7 Å². The Morgan fingerprint density at radius 2 is 1.02 bits per heavy atom. The number of hydrogen-bond donors (Lipinski definition) is 0. The summed E-state index contributed by atoms with van der Waals surface area (Å²) in [5.41, 5.74) is 10.7. The number of aromatic nitrogens is 2. The van der Waals surface area contributed by atoms with Crippen LogP contribution in [0.3, 0.4) is 0 Å². The monoisotopic (exact) mass is 690 g/mol. The first-order valence-electron chi connectivity index (χ1n) is 18.2. The second-order valence-corrected chi connectivity index (χ2v) is 14.4. The van der Waals surface area contributed by atoms with Gasteiger partial charge in [-0.05, 0) is 83.2 Å². The zero-order valence-corrected chi connectivity index (χ0v) is 28.6. The van der Waals surface area contributed by atoms with Gasteiger partial charge in [-0.3, -0.25) is 9.20 Å². The van der Waals surface area contributed by atoms with Crippen molar-refractivity contribution >= 4 is 104 Å². The van der Waals surface area contributed by atoms with Gasteiger partial charge < -0.3 is 13.4 Å². The van der Waals surface area contributed by atoms with Gasteiger partial charge >= 0.3 is 0 Å². The fraction of sp³-hybridized carbons (Fsp3) is 0. The van der Waals surface area contributed by atoms with Gasteiger partial charge in [0.2, 0.25) is 0 Å². The maximum atomic E-state index is 13.8. The van der Waals surface area contributed by atoms with Crippen LogP contribution in [0.2, 0.25) is 0 Å². The Kier molecular flexibility index (Phi) is 5.20. The summed E-state index contributed by atoms with van der Waals surface area (Å²) in [5.74, 6) is 0. The van der Waals surface area contributed by atoms with Crippen molar-refractivity contribution in [1.29, 1.82) is 0 Å². The number of benzene rings is 8. The molecular formula is C49H26N2O3. The van der Waals surface area contributed by atoms with Gasteiger partial charge in [0, 0.05) is 60.2 Å². The summed E-state index contributed by atoms with van der Waals surface area (Å²) < 4.78 is 17.4. The van der Waals surface area contributed by atoms with Gasteiger partial charge in [-0.15, -0.1) is 0 Å². The second-order valence-electron chi connectivity index (χ2n) is 14.4. The van der Waals surface area contributed by atoms with Crippen molar-refractivity contribution in [3.05, 3.63) is 168 Å². The molecule has 0 fully saturated rings. The molecule has 5 heterocycles. The molecule has 0 amide bonds. The average molecular weight is 691 g/mol. The lowest BCUT2D eigenvalue weighted by Gasteiger charge is -2.07. The minimum Gasteiger partial charge on any atom is -0.456 e. The minimum absolute atomic E-state index is 0.0174. The largest absolute Gasteiger partial charge is 0.456 e. The van der Waals surface area contributed by atoms with E-state index in [2.05, 4.69) is 126 Å². The molecule has 0 aliphatic carbocycles. The first-order valence-corrected chi connectivity index (χ1v) is 18.2. The van der Waals surface area contributed by atoms with Crippen molar-refractivity contribution in [3.63, 3.8) is 0 Å². The molecule has 0 spiro atoms. The second kappa shape index (κ2) is 9.94. The molecule has 13 rings (SSSR count). The Morgan fingerprint density at radius 3 is 1.91 bits per heavy atom. The number of fused-ring (bicyclic) bond motifs is 15. The maximum Gasteiger partial charge on any atom is 0.263 e. The molecule has 0 N–H and O–H groups in total. The van der Waals surface area contributed by atoms with E-state index in [0.717, 1.165) is 120 Å². The standard InChI is InChI=1S/C49H26N2O3/c52-49-37-10-2-1-8-30(37)34-12-7-13-35-39-24-27(17-22-41(39)51(49)47(34)35)28-16-19-32-33-20-18-29(26-45(33)53-44(32)25-28)50-40-14-5-3-11-38(40)46-42(50)23-21-36-31-9-4-6-15-43(31)54-48(36)46/h1-26H. The Balaban J connectivity index is 0.978. The summed E-state index contributed by atoms with van der Waals surface area (Å²) in [4.78, 5) is 13.8. The zero-order valence-electron chi connectivity index (χ0n) is 28.6. The van der Waals surface area contributed by atoms with Crippen LogP contribution in [-0.2, 0) is 0 Å². The normalized spacial score (nSPS) is 12.5. The highest BCUT2D eigenvalue weighted by Crippen LogP contribution is 2.42. The molecule has 13 aromatic rings. The molecule has 0 radical (unpaired) electrons. The van der Waals surface area contributed by atoms with Gasteiger partial charge in [-0.25, -0.2) is 0 Å². The molecule has 0 aliphatic heterocycles. The fourth-order valence-corrected chi connectivity index (χ4v) is 9.30. The van der Waals surface area contributed by atoms with Crippen LogP contribution in [0.5, 0.6) is 0 Å². The lowest BCUT2D eigenvalue weighted by molar-refractivity contribution is 0.669. The van der Waals surface area contributed by atoms with E-state index in [4.69, 9.17) is 8.83 Å². The lowest BCUT2D eigenvalue weighted by atomic mass is 10.0. The summed E-state index contributed by atoms with van der Waals surface area (Å²) in [7, 11) is 0. The van der Waals surface area contributed by atoms with Crippen molar-refractivity contribution in [3.8, 4) is 16.8 Å². The van der Waals surface area contributed by atoms with Crippen LogP contribution in [0, 0.1) is 0 Å². The van der Waals surface area contributed by atoms with Gasteiger partial charge in [-0.1, -0.05) is 84.9 Å². The average Bonchev–Trinajstić information content (AvgIpc) is 3.97. The van der Waals surface area contributed by atoms with Crippen LogP contribution >= 0.6 is 0 Å². The van der Waals surface area contributed by atoms with E-state index in [1.54, 1.807) is 0 Å². The van der Waals surface area contributed by atoms with Gasteiger partial charge in [0.05, 0.1) is 27.5 Å². The van der Waals surface area contributed by atoms with Crippen LogP contribution in [-0.4, -0.2) is 8.97 Å². The highest BCUT2D eigenvalue weighted by atomic mass is 16.3. The molecule has 54 heavy (non-hydrogen) atoms. The number of rotatable bonds is 2. The molecule has 0 saturated heterocycles. The third-order valence-electron chi connectivity index (χ3n) is 11.7. The molecule has 5 aromatic heterocycles. The summed E-state index contributed by atoms with van der Waals surface area (Å²) in [6, 6.07) is 54.8. The van der Waals surface area contributed by atoms with E-state index in [0.29, 0.717) is 0 Å². The van der Waals surface area contributed by atoms with E-state index in [9.17, 15) is 4.79 Å². The van der Waals surface area contributed by atoms with Gasteiger partial charge in [0.15, 0.2) is 0 Å². The highest BCUT2D eigenvalue weighted by Gasteiger charge is 2.21. The molecule has 5 heteroatoms. The van der Waals surface area contributed by atoms with Crippen LogP contribution < -0.4 is 5.56 Å². The van der Waals surface area contributed by atoms with Gasteiger partial charge in [0.1, 0.15) is 22.3 Å². The molecule has 0 aliphatic rings. The summed E-state index contributed by atoms with van der Waals surface area (Å²) in [5, 5.41) is 11.6. The number of para-hydroxylation sites is 3. The molecule has 250 valence electrons. The van der Waals surface area contributed by atoms with Crippen molar-refractivity contribution in [2.75, 3.05) is 0 Å². The molecule has 0 atom stereocenters. The van der Waals surface area contributed by atoms with Gasteiger partial charge in [-0.2, -0.15) is 0 Å². The highest BCUT2D eigenvalue weighted by molar-refractivity contribution is 6.24. The summed E-state index contributed by atoms with van der Waals surface area (Å²) in [6.07, 6.45) is 0. The maximum absolute atomic E-state index is 13.8. The summed E-state index contributed by atoms with van der Waals surface area (Å²) in [6.45, 7) is 0. The lowest BCUT2D eigenvalue weighted by Crippen LogP contribution is -2.12. The Bertz CT molecular complexity index is 3820. The Labute approximate surface area is 305 Å². The molecule has 0 bridgehead atoms. The van der Waals surface area contributed by atoms with Gasteiger partial charge in [0.25, 0.3) is 5.56 Å². The smallest absolute Gasteiger partial charge is 0.263 e. The number of furan rings is 2. The van der Waals surface area contributed by atoms with Crippen molar-refractivity contribution in [2.24, 2.45) is 0 Å². The predicted molar refractivity (Wildman–Crippen MR) is 222 cm³/mol. The number of nitrogens with zero attached hydrogens (tertiary/aromatic N) is 2. The molecule has 0 unspecified atom stereocenters. The number of pyridine rings is 1. The molecule has 0 saturated carbocycles.